The molecule has 6 nitrogen and oxygen atoms in total. The minimum absolute atomic E-state index is 0.0474. The van der Waals surface area contributed by atoms with Gasteiger partial charge in [0.25, 0.3) is 0 Å². The first-order valence-corrected chi connectivity index (χ1v) is 6.00. The van der Waals surface area contributed by atoms with Crippen molar-refractivity contribution in [2.75, 3.05) is 11.9 Å². The summed E-state index contributed by atoms with van der Waals surface area (Å²) in [5.74, 6) is -1.58. The second kappa shape index (κ2) is 7.74. The van der Waals surface area contributed by atoms with Crippen molar-refractivity contribution in [3.05, 3.63) is 29.6 Å². The van der Waals surface area contributed by atoms with Crippen LogP contribution in [0.25, 0.3) is 0 Å². The van der Waals surface area contributed by atoms with Crippen LogP contribution in [-0.2, 0) is 4.79 Å². The SMILES string of the molecule is N#Cc1c(F)cccc1NC(=O)NCCCCC(=O)O. The van der Waals surface area contributed by atoms with Crippen molar-refractivity contribution in [1.29, 1.82) is 5.26 Å². The maximum absolute atomic E-state index is 13.3. The van der Waals surface area contributed by atoms with Crippen LogP contribution in [0.5, 0.6) is 0 Å². The molecular weight excluding hydrogens is 265 g/mol. The third kappa shape index (κ3) is 4.94. The van der Waals surface area contributed by atoms with Crippen LogP contribution in [0.3, 0.4) is 0 Å². The molecule has 0 radical (unpaired) electrons. The molecule has 0 bridgehead atoms. The fourth-order valence-electron chi connectivity index (χ4n) is 1.51. The minimum Gasteiger partial charge on any atom is -0.481 e. The summed E-state index contributed by atoms with van der Waals surface area (Å²) in [6, 6.07) is 5.05. The Morgan fingerprint density at radius 1 is 1.35 bits per heavy atom. The third-order valence-corrected chi connectivity index (χ3v) is 2.48. The summed E-state index contributed by atoms with van der Waals surface area (Å²) in [4.78, 5) is 21.8. The Balaban J connectivity index is 2.42. The molecule has 1 aromatic carbocycles. The van der Waals surface area contributed by atoms with E-state index in [-0.39, 0.29) is 17.7 Å². The van der Waals surface area contributed by atoms with E-state index >= 15 is 0 Å². The van der Waals surface area contributed by atoms with E-state index in [0.29, 0.717) is 19.4 Å². The summed E-state index contributed by atoms with van der Waals surface area (Å²) in [6.07, 6.45) is 1.03. The molecule has 106 valence electrons. The molecule has 0 saturated carbocycles. The number of benzene rings is 1. The van der Waals surface area contributed by atoms with Crippen LogP contribution in [0, 0.1) is 17.1 Å². The van der Waals surface area contributed by atoms with Crippen molar-refractivity contribution in [2.45, 2.75) is 19.3 Å². The van der Waals surface area contributed by atoms with Crippen molar-refractivity contribution in [3.63, 3.8) is 0 Å². The van der Waals surface area contributed by atoms with E-state index in [4.69, 9.17) is 10.4 Å². The highest BCUT2D eigenvalue weighted by Crippen LogP contribution is 2.17. The molecule has 0 fully saturated rings. The van der Waals surface area contributed by atoms with Crippen molar-refractivity contribution in [1.82, 2.24) is 5.32 Å². The quantitative estimate of drug-likeness (QED) is 0.693. The first kappa shape index (κ1) is 15.4. The van der Waals surface area contributed by atoms with Crippen LogP contribution < -0.4 is 10.6 Å². The monoisotopic (exact) mass is 279 g/mol. The number of amides is 2. The molecule has 2 amide bonds. The Kier molecular flexibility index (Phi) is 5.97. The zero-order valence-corrected chi connectivity index (χ0v) is 10.6. The van der Waals surface area contributed by atoms with Crippen molar-refractivity contribution in [3.8, 4) is 6.07 Å². The van der Waals surface area contributed by atoms with E-state index in [1.165, 1.54) is 12.1 Å². The molecule has 0 unspecified atom stereocenters. The highest BCUT2D eigenvalue weighted by Gasteiger charge is 2.10. The minimum atomic E-state index is -0.882. The molecule has 0 aliphatic heterocycles. The highest BCUT2D eigenvalue weighted by molar-refractivity contribution is 5.90. The molecule has 7 heteroatoms. The Morgan fingerprint density at radius 3 is 2.75 bits per heavy atom. The topological polar surface area (TPSA) is 102 Å². The van der Waals surface area contributed by atoms with Crippen molar-refractivity contribution in [2.24, 2.45) is 0 Å². The fraction of sp³-hybridized carbons (Fsp3) is 0.308. The van der Waals surface area contributed by atoms with Gasteiger partial charge in [0.05, 0.1) is 5.69 Å². The Hall–Kier alpha value is -2.62. The number of unbranched alkanes of at least 4 members (excludes halogenated alkanes) is 1. The summed E-state index contributed by atoms with van der Waals surface area (Å²) < 4.78 is 13.3. The number of hydrogen-bond acceptors (Lipinski definition) is 3. The zero-order valence-electron chi connectivity index (χ0n) is 10.6. The molecule has 0 spiro atoms. The number of urea groups is 1. The van der Waals surface area contributed by atoms with Crippen LogP contribution in [0.15, 0.2) is 18.2 Å². The van der Waals surface area contributed by atoms with Crippen LogP contribution in [-0.4, -0.2) is 23.7 Å². The third-order valence-electron chi connectivity index (χ3n) is 2.48. The number of aliphatic carboxylic acids is 1. The van der Waals surface area contributed by atoms with Crippen LogP contribution in [0.2, 0.25) is 0 Å². The molecular formula is C13H14FN3O3. The predicted molar refractivity (Wildman–Crippen MR) is 69.6 cm³/mol. The first-order valence-electron chi connectivity index (χ1n) is 6.00. The number of carbonyl (C=O) groups excluding carboxylic acids is 1. The molecule has 20 heavy (non-hydrogen) atoms. The lowest BCUT2D eigenvalue weighted by Crippen LogP contribution is -2.30. The summed E-state index contributed by atoms with van der Waals surface area (Å²) >= 11 is 0. The summed E-state index contributed by atoms with van der Waals surface area (Å²) in [6.45, 7) is 0.302. The van der Waals surface area contributed by atoms with Gasteiger partial charge < -0.3 is 15.7 Å². The number of carboxylic acid groups (broad SMARTS) is 1. The molecule has 0 aromatic heterocycles. The summed E-state index contributed by atoms with van der Waals surface area (Å²) in [5, 5.41) is 22.1. The van der Waals surface area contributed by atoms with Gasteiger partial charge in [-0.1, -0.05) is 6.07 Å². The maximum Gasteiger partial charge on any atom is 0.319 e. The number of nitriles is 1. The van der Waals surface area contributed by atoms with E-state index in [2.05, 4.69) is 10.6 Å². The lowest BCUT2D eigenvalue weighted by atomic mass is 10.2. The summed E-state index contributed by atoms with van der Waals surface area (Å²) in [7, 11) is 0. The standard InChI is InChI=1S/C13H14FN3O3/c14-10-4-3-5-11(9(10)8-15)17-13(20)16-7-2-1-6-12(18)19/h3-5H,1-2,6-7H2,(H,18,19)(H2,16,17,20). The smallest absolute Gasteiger partial charge is 0.319 e. The average molecular weight is 279 g/mol. The van der Waals surface area contributed by atoms with Gasteiger partial charge >= 0.3 is 12.0 Å². The van der Waals surface area contributed by atoms with Gasteiger partial charge in [-0.05, 0) is 25.0 Å². The van der Waals surface area contributed by atoms with E-state index in [9.17, 15) is 14.0 Å². The van der Waals surface area contributed by atoms with Crippen LogP contribution >= 0.6 is 0 Å². The second-order valence-electron chi connectivity index (χ2n) is 4.01. The van der Waals surface area contributed by atoms with E-state index < -0.39 is 17.8 Å². The van der Waals surface area contributed by atoms with Gasteiger partial charge in [-0.15, -0.1) is 0 Å². The lowest BCUT2D eigenvalue weighted by Gasteiger charge is -2.08. The van der Waals surface area contributed by atoms with Crippen molar-refractivity contribution < 1.29 is 19.1 Å². The predicted octanol–water partition coefficient (Wildman–Crippen LogP) is 2.07. The highest BCUT2D eigenvalue weighted by atomic mass is 19.1. The molecule has 1 rings (SSSR count). The zero-order chi connectivity index (χ0) is 15.0. The Bertz CT molecular complexity index is 540. The molecule has 3 N–H and O–H groups in total. The number of carboxylic acids is 1. The maximum atomic E-state index is 13.3. The van der Waals surface area contributed by atoms with Gasteiger partial charge in [0.2, 0.25) is 0 Å². The molecule has 0 atom stereocenters. The van der Waals surface area contributed by atoms with Crippen LogP contribution in [0.1, 0.15) is 24.8 Å². The van der Waals surface area contributed by atoms with E-state index in [1.54, 1.807) is 6.07 Å². The fourth-order valence-corrected chi connectivity index (χ4v) is 1.51. The second-order valence-corrected chi connectivity index (χ2v) is 4.01. The Labute approximate surface area is 115 Å². The average Bonchev–Trinajstić information content (AvgIpc) is 2.38. The van der Waals surface area contributed by atoms with Gasteiger partial charge in [0, 0.05) is 13.0 Å². The van der Waals surface area contributed by atoms with Gasteiger partial charge in [-0.25, -0.2) is 9.18 Å². The number of nitrogens with zero attached hydrogens (tertiary/aromatic N) is 1. The summed E-state index contributed by atoms with van der Waals surface area (Å²) in [5.41, 5.74) is -0.135. The number of nitrogens with one attached hydrogen (secondary N) is 2. The number of anilines is 1. The normalized spacial score (nSPS) is 9.60. The van der Waals surface area contributed by atoms with E-state index in [0.717, 1.165) is 6.07 Å². The van der Waals surface area contributed by atoms with Gasteiger partial charge in [0.15, 0.2) is 0 Å². The number of carbonyl (C=O) groups is 2. The molecule has 0 aliphatic carbocycles. The molecule has 0 aliphatic rings. The molecule has 0 saturated heterocycles. The largest absolute Gasteiger partial charge is 0.481 e. The van der Waals surface area contributed by atoms with E-state index in [1.807, 2.05) is 0 Å². The first-order chi connectivity index (χ1) is 9.54. The van der Waals surface area contributed by atoms with Gasteiger partial charge in [-0.3, -0.25) is 4.79 Å². The molecule has 0 heterocycles. The van der Waals surface area contributed by atoms with Crippen LogP contribution in [0.4, 0.5) is 14.9 Å². The van der Waals surface area contributed by atoms with Gasteiger partial charge in [0.1, 0.15) is 17.4 Å². The Morgan fingerprint density at radius 2 is 2.10 bits per heavy atom. The number of rotatable bonds is 6. The number of hydrogen-bond donors (Lipinski definition) is 3. The van der Waals surface area contributed by atoms with Crippen molar-refractivity contribution >= 4 is 17.7 Å². The molecule has 1 aromatic rings. The lowest BCUT2D eigenvalue weighted by molar-refractivity contribution is -0.137. The van der Waals surface area contributed by atoms with Gasteiger partial charge in [-0.2, -0.15) is 5.26 Å². The number of halogens is 1.